The Morgan fingerprint density at radius 3 is 2.37 bits per heavy atom. The zero-order chi connectivity index (χ0) is 14.0. The predicted molar refractivity (Wildman–Crippen MR) is 74.3 cm³/mol. The van der Waals surface area contributed by atoms with Crippen molar-refractivity contribution >= 4 is 21.6 Å². The van der Waals surface area contributed by atoms with Gasteiger partial charge in [0.05, 0.1) is 6.20 Å². The molecule has 0 N–H and O–H groups in total. The highest BCUT2D eigenvalue weighted by molar-refractivity contribution is 9.08. The molecule has 1 heterocycles. The van der Waals surface area contributed by atoms with Gasteiger partial charge in [-0.05, 0) is 17.7 Å². The minimum Gasteiger partial charge on any atom is -0.365 e. The summed E-state index contributed by atoms with van der Waals surface area (Å²) in [7, 11) is 3.46. The summed E-state index contributed by atoms with van der Waals surface area (Å²) in [5.41, 5.74) is 1.45. The Kier molecular flexibility index (Phi) is 4.19. The van der Waals surface area contributed by atoms with Crippen LogP contribution in [0.3, 0.4) is 0 Å². The van der Waals surface area contributed by atoms with Crippen molar-refractivity contribution in [3.05, 3.63) is 47.3 Å². The first-order valence-electron chi connectivity index (χ1n) is 5.74. The number of anilines is 1. The molecule has 3 nitrogen and oxygen atoms in total. The number of aryl methyl sites for hydroxylation is 1. The third kappa shape index (κ3) is 3.12. The minimum absolute atomic E-state index is 0.0199. The predicted octanol–water partition coefficient (Wildman–Crippen LogP) is 3.23. The molecular weight excluding hydrogens is 316 g/mol. The van der Waals surface area contributed by atoms with Crippen LogP contribution in [0.15, 0.2) is 24.5 Å². The molecule has 102 valence electrons. The maximum absolute atomic E-state index is 13.9. The van der Waals surface area contributed by atoms with Crippen LogP contribution in [-0.4, -0.2) is 16.8 Å². The summed E-state index contributed by atoms with van der Waals surface area (Å²) in [6.45, 7) is 0.398. The quantitative estimate of drug-likeness (QED) is 0.803. The lowest BCUT2D eigenvalue weighted by atomic mass is 10.2. The Balaban J connectivity index is 2.26. The van der Waals surface area contributed by atoms with Crippen LogP contribution in [0.4, 0.5) is 14.5 Å². The Morgan fingerprint density at radius 2 is 1.89 bits per heavy atom. The molecule has 6 heteroatoms. The van der Waals surface area contributed by atoms with Crippen LogP contribution >= 0.6 is 15.9 Å². The Hall–Kier alpha value is -1.43. The molecule has 0 aliphatic heterocycles. The smallest absolute Gasteiger partial charge is 0.149 e. The van der Waals surface area contributed by atoms with E-state index in [2.05, 4.69) is 21.0 Å². The molecule has 19 heavy (non-hydrogen) atoms. The monoisotopic (exact) mass is 329 g/mol. The first-order chi connectivity index (χ1) is 9.01. The minimum atomic E-state index is -0.555. The van der Waals surface area contributed by atoms with Gasteiger partial charge in [-0.25, -0.2) is 8.78 Å². The van der Waals surface area contributed by atoms with Crippen LogP contribution in [0.2, 0.25) is 0 Å². The fourth-order valence-corrected chi connectivity index (χ4v) is 2.29. The van der Waals surface area contributed by atoms with Crippen molar-refractivity contribution < 1.29 is 8.78 Å². The van der Waals surface area contributed by atoms with Gasteiger partial charge in [0.25, 0.3) is 0 Å². The van der Waals surface area contributed by atoms with Crippen molar-refractivity contribution in [2.24, 2.45) is 7.05 Å². The zero-order valence-electron chi connectivity index (χ0n) is 10.7. The van der Waals surface area contributed by atoms with Crippen LogP contribution in [-0.2, 0) is 18.9 Å². The maximum Gasteiger partial charge on any atom is 0.149 e. The summed E-state index contributed by atoms with van der Waals surface area (Å²) in [4.78, 5) is 1.54. The maximum atomic E-state index is 13.9. The molecule has 0 radical (unpaired) electrons. The third-order valence-electron chi connectivity index (χ3n) is 2.79. The summed E-state index contributed by atoms with van der Waals surface area (Å²) in [6.07, 6.45) is 3.50. The van der Waals surface area contributed by atoms with E-state index in [1.165, 1.54) is 12.1 Å². The highest BCUT2D eigenvalue weighted by atomic mass is 79.9. The van der Waals surface area contributed by atoms with Crippen LogP contribution < -0.4 is 4.90 Å². The van der Waals surface area contributed by atoms with Crippen molar-refractivity contribution in [2.75, 3.05) is 11.9 Å². The molecule has 0 amide bonds. The molecule has 1 aromatic carbocycles. The van der Waals surface area contributed by atoms with E-state index in [1.807, 2.05) is 6.20 Å². The van der Waals surface area contributed by atoms with E-state index in [0.717, 1.165) is 5.56 Å². The van der Waals surface area contributed by atoms with Gasteiger partial charge < -0.3 is 4.90 Å². The van der Waals surface area contributed by atoms with Gasteiger partial charge in [0.2, 0.25) is 0 Å². The van der Waals surface area contributed by atoms with Gasteiger partial charge in [-0.1, -0.05) is 15.9 Å². The van der Waals surface area contributed by atoms with Crippen LogP contribution in [0.25, 0.3) is 0 Å². The Labute approximate surface area is 119 Å². The molecule has 0 bridgehead atoms. The van der Waals surface area contributed by atoms with E-state index in [0.29, 0.717) is 17.4 Å². The number of rotatable bonds is 4. The van der Waals surface area contributed by atoms with Gasteiger partial charge in [0.15, 0.2) is 0 Å². The number of alkyl halides is 1. The summed E-state index contributed by atoms with van der Waals surface area (Å²) >= 11 is 3.19. The second-order valence-electron chi connectivity index (χ2n) is 4.42. The summed E-state index contributed by atoms with van der Waals surface area (Å²) in [5, 5.41) is 4.46. The molecular formula is C13H14BrF2N3. The highest BCUT2D eigenvalue weighted by Gasteiger charge is 2.15. The average molecular weight is 330 g/mol. The molecule has 0 atom stereocenters. The van der Waals surface area contributed by atoms with Crippen LogP contribution in [0, 0.1) is 11.6 Å². The number of benzene rings is 1. The fourth-order valence-electron chi connectivity index (χ4n) is 1.97. The number of aromatic nitrogens is 2. The van der Waals surface area contributed by atoms with E-state index in [1.54, 1.807) is 29.9 Å². The van der Waals surface area contributed by atoms with Gasteiger partial charge in [-0.2, -0.15) is 5.10 Å². The number of halogens is 3. The SMILES string of the molecule is CN(Cc1cnn(C)c1)c1c(F)cc(CBr)cc1F. The fraction of sp³-hybridized carbons (Fsp3) is 0.308. The second kappa shape index (κ2) is 5.69. The van der Waals surface area contributed by atoms with Gasteiger partial charge in [-0.3, -0.25) is 4.68 Å². The number of hydrogen-bond acceptors (Lipinski definition) is 2. The Bertz CT molecular complexity index is 560. The van der Waals surface area contributed by atoms with Crippen molar-refractivity contribution in [3.8, 4) is 0 Å². The van der Waals surface area contributed by atoms with E-state index >= 15 is 0 Å². The molecule has 0 unspecified atom stereocenters. The molecule has 0 aliphatic carbocycles. The number of nitrogens with zero attached hydrogens (tertiary/aromatic N) is 3. The lowest BCUT2D eigenvalue weighted by Gasteiger charge is -2.20. The van der Waals surface area contributed by atoms with Crippen molar-refractivity contribution in [1.29, 1.82) is 0 Å². The van der Waals surface area contributed by atoms with E-state index < -0.39 is 11.6 Å². The summed E-state index contributed by atoms with van der Waals surface area (Å²) in [6, 6.07) is 2.68. The van der Waals surface area contributed by atoms with Crippen molar-refractivity contribution in [3.63, 3.8) is 0 Å². The largest absolute Gasteiger partial charge is 0.365 e. The van der Waals surface area contributed by atoms with E-state index in [9.17, 15) is 8.78 Å². The molecule has 0 saturated carbocycles. The normalized spacial score (nSPS) is 10.8. The summed E-state index contributed by atoms with van der Waals surface area (Å²) < 4.78 is 29.5. The highest BCUT2D eigenvalue weighted by Crippen LogP contribution is 2.26. The van der Waals surface area contributed by atoms with Crippen molar-refractivity contribution in [1.82, 2.24) is 9.78 Å². The molecule has 0 aliphatic rings. The Morgan fingerprint density at radius 1 is 1.26 bits per heavy atom. The first-order valence-corrected chi connectivity index (χ1v) is 6.86. The van der Waals surface area contributed by atoms with Crippen LogP contribution in [0.5, 0.6) is 0 Å². The first kappa shape index (κ1) is 14.0. The van der Waals surface area contributed by atoms with Gasteiger partial charge in [-0.15, -0.1) is 0 Å². The average Bonchev–Trinajstić information content (AvgIpc) is 2.73. The molecule has 0 saturated heterocycles. The van der Waals surface area contributed by atoms with Crippen molar-refractivity contribution in [2.45, 2.75) is 11.9 Å². The zero-order valence-corrected chi connectivity index (χ0v) is 12.3. The second-order valence-corrected chi connectivity index (χ2v) is 4.98. The molecule has 2 rings (SSSR count). The molecule has 2 aromatic rings. The van der Waals surface area contributed by atoms with E-state index in [4.69, 9.17) is 0 Å². The van der Waals surface area contributed by atoms with Gasteiger partial charge in [0, 0.05) is 37.7 Å². The lowest BCUT2D eigenvalue weighted by molar-refractivity contribution is 0.574. The molecule has 0 spiro atoms. The lowest BCUT2D eigenvalue weighted by Crippen LogP contribution is -2.19. The van der Waals surface area contributed by atoms with E-state index in [-0.39, 0.29) is 5.69 Å². The van der Waals surface area contributed by atoms with Gasteiger partial charge >= 0.3 is 0 Å². The topological polar surface area (TPSA) is 21.1 Å². The standard InChI is InChI=1S/C13H14BrF2N3/c1-18(7-10-6-17-19(2)8-10)13-11(15)3-9(5-14)4-12(13)16/h3-4,6,8H,5,7H2,1-2H3. The van der Waals surface area contributed by atoms with Gasteiger partial charge in [0.1, 0.15) is 17.3 Å². The summed E-state index contributed by atoms with van der Waals surface area (Å²) in [5.74, 6) is -1.11. The number of hydrogen-bond donors (Lipinski definition) is 0. The van der Waals surface area contributed by atoms with Crippen LogP contribution in [0.1, 0.15) is 11.1 Å². The third-order valence-corrected chi connectivity index (χ3v) is 3.44. The molecule has 1 aromatic heterocycles. The molecule has 0 fully saturated rings.